The Bertz CT molecular complexity index is 172. The van der Waals surface area contributed by atoms with Crippen molar-refractivity contribution in [2.75, 3.05) is 19.8 Å². The molecule has 5 heteroatoms. The molecule has 14 heavy (non-hydrogen) atoms. The first-order valence-electron chi connectivity index (χ1n) is 4.57. The Balaban J connectivity index is 3.21. The molecule has 0 spiro atoms. The number of carboxylic acid groups (broad SMARTS) is 1. The van der Waals surface area contributed by atoms with Gasteiger partial charge >= 0.3 is 5.97 Å². The van der Waals surface area contributed by atoms with E-state index in [1.807, 2.05) is 6.92 Å². The second kappa shape index (κ2) is 8.65. The van der Waals surface area contributed by atoms with Gasteiger partial charge in [-0.2, -0.15) is 0 Å². The molecule has 0 fully saturated rings. The molecule has 0 saturated carbocycles. The Morgan fingerprint density at radius 1 is 1.57 bits per heavy atom. The third kappa shape index (κ3) is 9.15. The monoisotopic (exact) mass is 203 g/mol. The van der Waals surface area contributed by atoms with Crippen molar-refractivity contribution in [1.29, 1.82) is 5.41 Å². The zero-order valence-corrected chi connectivity index (χ0v) is 8.36. The average Bonchev–Trinajstić information content (AvgIpc) is 2.13. The van der Waals surface area contributed by atoms with E-state index in [9.17, 15) is 4.79 Å². The van der Waals surface area contributed by atoms with E-state index in [0.29, 0.717) is 19.6 Å². The van der Waals surface area contributed by atoms with Crippen molar-refractivity contribution < 1.29 is 19.4 Å². The lowest BCUT2D eigenvalue weighted by molar-refractivity contribution is -0.138. The van der Waals surface area contributed by atoms with E-state index in [-0.39, 0.29) is 19.1 Å². The molecule has 0 radical (unpaired) electrons. The quantitative estimate of drug-likeness (QED) is 0.431. The minimum absolute atomic E-state index is 0.0210. The molecule has 0 heterocycles. The summed E-state index contributed by atoms with van der Waals surface area (Å²) in [4.78, 5) is 10.1. The van der Waals surface area contributed by atoms with Crippen molar-refractivity contribution >= 4 is 12.2 Å². The lowest BCUT2D eigenvalue weighted by atomic mass is 10.4. The van der Waals surface area contributed by atoms with Gasteiger partial charge in [-0.3, -0.25) is 4.79 Å². The molecule has 0 bridgehead atoms. The summed E-state index contributed by atoms with van der Waals surface area (Å²) in [5.41, 5.74) is 0. The summed E-state index contributed by atoms with van der Waals surface area (Å²) in [6, 6.07) is 0. The second-order valence-electron chi connectivity index (χ2n) is 2.89. The number of carboxylic acids is 1. The number of rotatable bonds is 9. The van der Waals surface area contributed by atoms with Gasteiger partial charge in [-0.25, -0.2) is 0 Å². The molecule has 1 atom stereocenters. The third-order valence-corrected chi connectivity index (χ3v) is 1.48. The van der Waals surface area contributed by atoms with Crippen molar-refractivity contribution in [3.8, 4) is 0 Å². The predicted octanol–water partition coefficient (Wildman–Crippen LogP) is 0.922. The predicted molar refractivity (Wildman–Crippen MR) is 51.9 cm³/mol. The van der Waals surface area contributed by atoms with Crippen LogP contribution in [0, 0.1) is 5.41 Å². The van der Waals surface area contributed by atoms with Crippen molar-refractivity contribution in [3.63, 3.8) is 0 Å². The van der Waals surface area contributed by atoms with Crippen LogP contribution in [-0.2, 0) is 14.3 Å². The van der Waals surface area contributed by atoms with Crippen LogP contribution in [-0.4, -0.2) is 43.2 Å². The molecule has 1 unspecified atom stereocenters. The van der Waals surface area contributed by atoms with Crippen molar-refractivity contribution in [2.45, 2.75) is 25.9 Å². The molecule has 82 valence electrons. The van der Waals surface area contributed by atoms with E-state index in [2.05, 4.69) is 0 Å². The van der Waals surface area contributed by atoms with Crippen LogP contribution < -0.4 is 0 Å². The lowest BCUT2D eigenvalue weighted by Gasteiger charge is -2.11. The second-order valence-corrected chi connectivity index (χ2v) is 2.89. The summed E-state index contributed by atoms with van der Waals surface area (Å²) in [5, 5.41) is 15.1. The minimum atomic E-state index is -0.859. The summed E-state index contributed by atoms with van der Waals surface area (Å²) in [5.74, 6) is -0.859. The molecule has 0 aromatic heterocycles. The zero-order valence-electron chi connectivity index (χ0n) is 8.36. The van der Waals surface area contributed by atoms with Gasteiger partial charge in [0.15, 0.2) is 0 Å². The molecule has 0 amide bonds. The normalized spacial score (nSPS) is 12.4. The molecular weight excluding hydrogens is 186 g/mol. The molecule has 0 aliphatic heterocycles. The smallest absolute Gasteiger partial charge is 0.305 e. The summed E-state index contributed by atoms with van der Waals surface area (Å²) in [6.45, 7) is 2.97. The number of hydrogen-bond acceptors (Lipinski definition) is 4. The third-order valence-electron chi connectivity index (χ3n) is 1.48. The maximum absolute atomic E-state index is 10.1. The first-order chi connectivity index (χ1) is 6.66. The average molecular weight is 203 g/mol. The fourth-order valence-electron chi connectivity index (χ4n) is 0.785. The fraction of sp³-hybridized carbons (Fsp3) is 0.778. The van der Waals surface area contributed by atoms with Crippen LogP contribution in [0.5, 0.6) is 0 Å². The van der Waals surface area contributed by atoms with Gasteiger partial charge in [0, 0.05) is 6.42 Å². The summed E-state index contributed by atoms with van der Waals surface area (Å²) < 4.78 is 10.3. The molecule has 0 aromatic rings. The zero-order chi connectivity index (χ0) is 10.8. The number of aliphatic carboxylic acids is 1. The van der Waals surface area contributed by atoms with Crippen LogP contribution in [0.15, 0.2) is 0 Å². The summed E-state index contributed by atoms with van der Waals surface area (Å²) in [7, 11) is 0. The van der Waals surface area contributed by atoms with Crippen LogP contribution in [0.1, 0.15) is 19.8 Å². The highest BCUT2D eigenvalue weighted by Gasteiger charge is 2.02. The topological polar surface area (TPSA) is 79.6 Å². The van der Waals surface area contributed by atoms with Crippen molar-refractivity contribution in [3.05, 3.63) is 0 Å². The molecular formula is C9H17NO4. The Hall–Kier alpha value is -0.940. The standard InChI is InChI=1S/C9H17NO4/c1-8(14-5-2-4-10)7-13-6-3-9(11)12/h4,8,10H,2-3,5-7H2,1H3,(H,11,12). The van der Waals surface area contributed by atoms with E-state index in [0.717, 1.165) is 0 Å². The Kier molecular flexibility index (Phi) is 8.07. The van der Waals surface area contributed by atoms with E-state index in [4.69, 9.17) is 20.0 Å². The minimum Gasteiger partial charge on any atom is -0.481 e. The van der Waals surface area contributed by atoms with Gasteiger partial charge in [0.1, 0.15) is 0 Å². The van der Waals surface area contributed by atoms with Gasteiger partial charge in [0.25, 0.3) is 0 Å². The van der Waals surface area contributed by atoms with Crippen molar-refractivity contribution in [2.24, 2.45) is 0 Å². The largest absolute Gasteiger partial charge is 0.481 e. The molecule has 2 N–H and O–H groups in total. The molecule has 0 saturated heterocycles. The fourth-order valence-corrected chi connectivity index (χ4v) is 0.785. The highest BCUT2D eigenvalue weighted by Crippen LogP contribution is 1.94. The van der Waals surface area contributed by atoms with E-state index in [1.165, 1.54) is 6.21 Å². The molecule has 0 aliphatic carbocycles. The molecule has 0 rings (SSSR count). The Morgan fingerprint density at radius 3 is 2.86 bits per heavy atom. The highest BCUT2D eigenvalue weighted by molar-refractivity contribution is 5.66. The van der Waals surface area contributed by atoms with Gasteiger partial charge in [-0.15, -0.1) is 0 Å². The number of ether oxygens (including phenoxy) is 2. The van der Waals surface area contributed by atoms with Crippen LogP contribution in [0.4, 0.5) is 0 Å². The number of nitrogens with one attached hydrogen (secondary N) is 1. The van der Waals surface area contributed by atoms with Crippen LogP contribution in [0.3, 0.4) is 0 Å². The first-order valence-corrected chi connectivity index (χ1v) is 4.57. The summed E-state index contributed by atoms with van der Waals surface area (Å²) in [6.07, 6.45) is 1.86. The SMILES string of the molecule is CC(COCCC(=O)O)OCCC=N. The van der Waals surface area contributed by atoms with Crippen molar-refractivity contribution in [1.82, 2.24) is 0 Å². The van der Waals surface area contributed by atoms with Gasteiger partial charge < -0.3 is 20.0 Å². The molecule has 5 nitrogen and oxygen atoms in total. The van der Waals surface area contributed by atoms with Crippen LogP contribution in [0.2, 0.25) is 0 Å². The van der Waals surface area contributed by atoms with E-state index >= 15 is 0 Å². The van der Waals surface area contributed by atoms with Gasteiger partial charge in [-0.05, 0) is 13.1 Å². The Morgan fingerprint density at radius 2 is 2.29 bits per heavy atom. The first kappa shape index (κ1) is 13.1. The molecule has 0 aliphatic rings. The van der Waals surface area contributed by atoms with Gasteiger partial charge in [-0.1, -0.05) is 0 Å². The lowest BCUT2D eigenvalue weighted by Crippen LogP contribution is -2.18. The highest BCUT2D eigenvalue weighted by atomic mass is 16.5. The summed E-state index contributed by atoms with van der Waals surface area (Å²) >= 11 is 0. The van der Waals surface area contributed by atoms with Crippen LogP contribution >= 0.6 is 0 Å². The van der Waals surface area contributed by atoms with Gasteiger partial charge in [0.05, 0.1) is 32.3 Å². The maximum Gasteiger partial charge on any atom is 0.305 e. The maximum atomic E-state index is 10.1. The number of hydrogen-bond donors (Lipinski definition) is 2. The van der Waals surface area contributed by atoms with E-state index in [1.54, 1.807) is 0 Å². The number of carbonyl (C=O) groups is 1. The molecule has 0 aromatic carbocycles. The Labute approximate surface area is 83.5 Å². The van der Waals surface area contributed by atoms with Gasteiger partial charge in [0.2, 0.25) is 0 Å². The van der Waals surface area contributed by atoms with Crippen LogP contribution in [0.25, 0.3) is 0 Å². The van der Waals surface area contributed by atoms with E-state index < -0.39 is 5.97 Å².